The molecule has 242 valence electrons. The van der Waals surface area contributed by atoms with Gasteiger partial charge >= 0.3 is 11.9 Å². The van der Waals surface area contributed by atoms with E-state index in [9.17, 15) is 19.2 Å². The van der Waals surface area contributed by atoms with E-state index in [1.165, 1.54) is 0 Å². The number of unbranched alkanes of at least 4 members (excludes halogenated alkanes) is 11. The molecule has 2 unspecified atom stereocenters. The van der Waals surface area contributed by atoms with E-state index in [1.54, 1.807) is 9.80 Å². The van der Waals surface area contributed by atoms with Crippen LogP contribution in [0.1, 0.15) is 128 Å². The van der Waals surface area contributed by atoms with Crippen LogP contribution in [0, 0.1) is 0 Å². The van der Waals surface area contributed by atoms with Crippen molar-refractivity contribution in [2.75, 3.05) is 39.5 Å². The normalized spacial score (nSPS) is 18.4. The van der Waals surface area contributed by atoms with Gasteiger partial charge in [-0.1, -0.05) is 38.5 Å². The maximum absolute atomic E-state index is 12.7. The molecule has 0 bridgehead atoms. The van der Waals surface area contributed by atoms with Gasteiger partial charge in [0.25, 0.3) is 0 Å². The van der Waals surface area contributed by atoms with Gasteiger partial charge in [-0.15, -0.1) is 0 Å². The molecule has 10 nitrogen and oxygen atoms in total. The van der Waals surface area contributed by atoms with Crippen molar-refractivity contribution in [3.63, 3.8) is 0 Å². The fourth-order valence-corrected chi connectivity index (χ4v) is 5.84. The van der Waals surface area contributed by atoms with Crippen LogP contribution in [0.2, 0.25) is 0 Å². The molecular formula is C32H56N2O8. The van der Waals surface area contributed by atoms with Gasteiger partial charge in [0.05, 0.1) is 13.2 Å². The number of ether oxygens (including phenoxy) is 2. The lowest BCUT2D eigenvalue weighted by Crippen LogP contribution is -2.41. The lowest BCUT2D eigenvalue weighted by molar-refractivity contribution is -0.153. The first-order valence-corrected chi connectivity index (χ1v) is 16.6. The zero-order valence-electron chi connectivity index (χ0n) is 25.8. The number of likely N-dealkylation sites (tertiary alicyclic amines) is 2. The van der Waals surface area contributed by atoms with Gasteiger partial charge in [-0.2, -0.15) is 0 Å². The third kappa shape index (κ3) is 13.8. The van der Waals surface area contributed by atoms with Gasteiger partial charge in [-0.05, 0) is 77.0 Å². The first kappa shape index (κ1) is 36.0. The van der Waals surface area contributed by atoms with Gasteiger partial charge in [-0.25, -0.2) is 9.59 Å². The molecule has 2 aliphatic heterocycles. The quantitative estimate of drug-likeness (QED) is 0.132. The van der Waals surface area contributed by atoms with Crippen LogP contribution in [0.5, 0.6) is 0 Å². The van der Waals surface area contributed by atoms with Crippen molar-refractivity contribution in [1.29, 1.82) is 0 Å². The molecule has 0 spiro atoms. The first-order valence-electron chi connectivity index (χ1n) is 16.6. The topological polar surface area (TPSA) is 134 Å². The van der Waals surface area contributed by atoms with Crippen LogP contribution >= 0.6 is 0 Å². The van der Waals surface area contributed by atoms with Crippen molar-refractivity contribution < 1.29 is 38.9 Å². The number of carbonyl (C=O) groups excluding carboxylic acids is 4. The van der Waals surface area contributed by atoms with Crippen LogP contribution in [0.4, 0.5) is 0 Å². The molecular weight excluding hydrogens is 540 g/mol. The summed E-state index contributed by atoms with van der Waals surface area (Å²) in [6.45, 7) is 2.35. The van der Waals surface area contributed by atoms with Crippen molar-refractivity contribution in [3.05, 3.63) is 0 Å². The number of aliphatic hydroxyl groups is 2. The molecule has 0 aliphatic carbocycles. The van der Waals surface area contributed by atoms with E-state index in [4.69, 9.17) is 19.7 Å². The molecule has 42 heavy (non-hydrogen) atoms. The third-order valence-electron chi connectivity index (χ3n) is 8.32. The molecule has 2 aliphatic rings. The first-order chi connectivity index (χ1) is 20.5. The lowest BCUT2D eigenvalue weighted by atomic mass is 10.1. The summed E-state index contributed by atoms with van der Waals surface area (Å²) in [5.74, 6) is -0.522. The fraction of sp³-hybridized carbons (Fsp3) is 0.875. The maximum atomic E-state index is 12.7. The summed E-state index contributed by atoms with van der Waals surface area (Å²) < 4.78 is 10.8. The standard InChI is InChI=1S/C32H56N2O8/c35-23-11-5-7-13-25-41-31(39)27-17-15-21-33(27)29(37)19-9-3-1-2-4-10-20-30(38)34-22-16-18-28(34)32(40)42-26-14-8-6-12-24-36/h27-28,35-36H,1-26H2. The number of esters is 2. The van der Waals surface area contributed by atoms with Crippen molar-refractivity contribution in [2.45, 2.75) is 141 Å². The lowest BCUT2D eigenvalue weighted by Gasteiger charge is -2.23. The van der Waals surface area contributed by atoms with Crippen LogP contribution < -0.4 is 0 Å². The van der Waals surface area contributed by atoms with Gasteiger partial charge in [0.1, 0.15) is 12.1 Å². The molecule has 2 rings (SSSR count). The van der Waals surface area contributed by atoms with E-state index in [-0.39, 0.29) is 37.0 Å². The van der Waals surface area contributed by atoms with Crippen molar-refractivity contribution >= 4 is 23.8 Å². The fourth-order valence-electron chi connectivity index (χ4n) is 5.84. The zero-order valence-corrected chi connectivity index (χ0v) is 25.8. The number of aliphatic hydroxyl groups excluding tert-OH is 2. The van der Waals surface area contributed by atoms with E-state index in [0.717, 1.165) is 103 Å². The number of carbonyl (C=O) groups is 4. The van der Waals surface area contributed by atoms with Gasteiger partial charge in [-0.3, -0.25) is 9.59 Å². The van der Waals surface area contributed by atoms with E-state index in [2.05, 4.69) is 0 Å². The number of hydrogen-bond acceptors (Lipinski definition) is 8. The molecule has 0 aromatic heterocycles. The molecule has 2 saturated heterocycles. The largest absolute Gasteiger partial charge is 0.464 e. The third-order valence-corrected chi connectivity index (χ3v) is 8.32. The molecule has 0 radical (unpaired) electrons. The van der Waals surface area contributed by atoms with Gasteiger partial charge < -0.3 is 29.5 Å². The van der Waals surface area contributed by atoms with Gasteiger partial charge in [0.2, 0.25) is 11.8 Å². The number of amides is 2. The van der Waals surface area contributed by atoms with Crippen molar-refractivity contribution in [1.82, 2.24) is 9.80 Å². The van der Waals surface area contributed by atoms with Crippen LogP contribution in [0.3, 0.4) is 0 Å². The summed E-state index contributed by atoms with van der Waals surface area (Å²) in [7, 11) is 0. The Morgan fingerprint density at radius 1 is 0.524 bits per heavy atom. The van der Waals surface area contributed by atoms with Crippen LogP contribution in [0.25, 0.3) is 0 Å². The molecule has 2 N–H and O–H groups in total. The Bertz CT molecular complexity index is 728. The zero-order chi connectivity index (χ0) is 30.4. The van der Waals surface area contributed by atoms with Crippen LogP contribution in [0.15, 0.2) is 0 Å². The monoisotopic (exact) mass is 596 g/mol. The summed E-state index contributed by atoms with van der Waals surface area (Å²) >= 11 is 0. The second kappa shape index (κ2) is 22.4. The number of rotatable bonds is 23. The summed E-state index contributed by atoms with van der Waals surface area (Å²) in [5, 5.41) is 17.6. The Hall–Kier alpha value is -2.20. The second-order valence-corrected chi connectivity index (χ2v) is 11.7. The Labute approximate surface area is 252 Å². The van der Waals surface area contributed by atoms with Crippen LogP contribution in [-0.4, -0.2) is 95.4 Å². The maximum Gasteiger partial charge on any atom is 0.328 e. The summed E-state index contributed by atoms with van der Waals surface area (Å²) in [5.41, 5.74) is 0. The van der Waals surface area contributed by atoms with Crippen LogP contribution in [-0.2, 0) is 28.7 Å². The molecule has 0 saturated carbocycles. The Balaban J connectivity index is 1.52. The van der Waals surface area contributed by atoms with E-state index < -0.39 is 12.1 Å². The molecule has 10 heteroatoms. The minimum Gasteiger partial charge on any atom is -0.464 e. The number of hydrogen-bond donors (Lipinski definition) is 2. The Morgan fingerprint density at radius 2 is 0.881 bits per heavy atom. The van der Waals surface area contributed by atoms with Gasteiger partial charge in [0, 0.05) is 39.1 Å². The van der Waals surface area contributed by atoms with E-state index in [0.29, 0.717) is 52.0 Å². The SMILES string of the molecule is O=C(OCCCCCCO)C1CCCN1C(=O)CCCCCCCCC(=O)N1CCCC1C(=O)OCCCCCCO. The minimum atomic E-state index is -0.452. The molecule has 2 heterocycles. The Kier molecular flexibility index (Phi) is 19.2. The predicted octanol–water partition coefficient (Wildman–Crippen LogP) is 4.28. The highest BCUT2D eigenvalue weighted by atomic mass is 16.5. The average Bonchev–Trinajstić information content (AvgIpc) is 3.68. The van der Waals surface area contributed by atoms with Gasteiger partial charge in [0.15, 0.2) is 0 Å². The second-order valence-electron chi connectivity index (χ2n) is 11.7. The highest BCUT2D eigenvalue weighted by Gasteiger charge is 2.35. The molecule has 0 aromatic carbocycles. The summed E-state index contributed by atoms with van der Waals surface area (Å²) in [6, 6.07) is -0.904. The van der Waals surface area contributed by atoms with E-state index in [1.807, 2.05) is 0 Å². The van der Waals surface area contributed by atoms with E-state index >= 15 is 0 Å². The van der Waals surface area contributed by atoms with Crippen molar-refractivity contribution in [2.24, 2.45) is 0 Å². The minimum absolute atomic E-state index is 0.0309. The predicted molar refractivity (Wildman–Crippen MR) is 159 cm³/mol. The molecule has 2 fully saturated rings. The molecule has 2 atom stereocenters. The highest BCUT2D eigenvalue weighted by molar-refractivity contribution is 5.85. The average molecular weight is 597 g/mol. The summed E-state index contributed by atoms with van der Waals surface area (Å²) in [4.78, 5) is 53.8. The molecule has 2 amide bonds. The highest BCUT2D eigenvalue weighted by Crippen LogP contribution is 2.22. The smallest absolute Gasteiger partial charge is 0.328 e. The number of nitrogens with zero attached hydrogens (tertiary/aromatic N) is 2. The summed E-state index contributed by atoms with van der Waals surface area (Å²) in [6.07, 6.45) is 16.1. The van der Waals surface area contributed by atoms with Crippen molar-refractivity contribution in [3.8, 4) is 0 Å². The Morgan fingerprint density at radius 3 is 1.29 bits per heavy atom. The molecule has 0 aromatic rings.